The van der Waals surface area contributed by atoms with E-state index in [2.05, 4.69) is 14.9 Å². The Morgan fingerprint density at radius 3 is 2.92 bits per heavy atom. The van der Waals surface area contributed by atoms with Gasteiger partial charge in [-0.05, 0) is 38.6 Å². The summed E-state index contributed by atoms with van der Waals surface area (Å²) in [5.41, 5.74) is 1.94. The number of rotatable bonds is 2. The van der Waals surface area contributed by atoms with Crippen molar-refractivity contribution in [3.05, 3.63) is 41.2 Å². The number of likely N-dealkylation sites (tertiary alicyclic amines) is 1. The maximum absolute atomic E-state index is 14.0. The van der Waals surface area contributed by atoms with Crippen LogP contribution in [0, 0.1) is 17.6 Å². The monoisotopic (exact) mass is 360 g/mol. The van der Waals surface area contributed by atoms with Gasteiger partial charge in [-0.25, -0.2) is 13.8 Å². The molecule has 0 aliphatic carbocycles. The van der Waals surface area contributed by atoms with Crippen molar-refractivity contribution in [1.82, 2.24) is 19.8 Å². The number of hydrogen-bond acceptors (Lipinski definition) is 3. The van der Waals surface area contributed by atoms with Gasteiger partial charge in [0.1, 0.15) is 17.5 Å². The molecule has 1 atom stereocenters. The Labute approximate surface area is 151 Å². The fourth-order valence-electron chi connectivity index (χ4n) is 3.92. The number of carbonyl (C=O) groups is 1. The fourth-order valence-corrected chi connectivity index (χ4v) is 3.92. The van der Waals surface area contributed by atoms with E-state index >= 15 is 0 Å². The molecule has 0 bridgehead atoms. The van der Waals surface area contributed by atoms with E-state index in [4.69, 9.17) is 0 Å². The van der Waals surface area contributed by atoms with Crippen LogP contribution in [0.3, 0.4) is 0 Å². The molecular formula is C19H22F2N4O. The van der Waals surface area contributed by atoms with Crippen LogP contribution in [0.25, 0.3) is 11.4 Å². The highest BCUT2D eigenvalue weighted by molar-refractivity contribution is 5.79. The molecule has 1 aromatic heterocycles. The second-order valence-corrected chi connectivity index (χ2v) is 7.25. The number of amides is 1. The Bertz CT molecular complexity index is 835. The molecule has 0 radical (unpaired) electrons. The Balaban J connectivity index is 1.52. The van der Waals surface area contributed by atoms with Crippen molar-refractivity contribution in [3.8, 4) is 11.4 Å². The number of nitrogens with one attached hydrogen (secondary N) is 1. The lowest BCUT2D eigenvalue weighted by Crippen LogP contribution is -2.45. The summed E-state index contributed by atoms with van der Waals surface area (Å²) in [5, 5.41) is 0. The number of piperidine rings is 1. The van der Waals surface area contributed by atoms with E-state index < -0.39 is 11.6 Å². The van der Waals surface area contributed by atoms with Crippen molar-refractivity contribution >= 4 is 5.91 Å². The maximum atomic E-state index is 14.0. The molecule has 3 heterocycles. The third kappa shape index (κ3) is 3.23. The number of hydrogen-bond donors (Lipinski definition) is 1. The number of fused-ring (bicyclic) bond motifs is 1. The molecule has 138 valence electrons. The number of benzene rings is 1. The Kier molecular flexibility index (Phi) is 4.48. The first-order valence-corrected chi connectivity index (χ1v) is 9.02. The van der Waals surface area contributed by atoms with Gasteiger partial charge in [-0.2, -0.15) is 0 Å². The topological polar surface area (TPSA) is 52.2 Å². The van der Waals surface area contributed by atoms with Crippen molar-refractivity contribution < 1.29 is 13.6 Å². The summed E-state index contributed by atoms with van der Waals surface area (Å²) in [6.45, 7) is 2.94. The van der Waals surface area contributed by atoms with Gasteiger partial charge in [0, 0.05) is 25.6 Å². The fraction of sp³-hybridized carbons (Fsp3) is 0.474. The maximum Gasteiger partial charge on any atom is 0.227 e. The summed E-state index contributed by atoms with van der Waals surface area (Å²) in [4.78, 5) is 24.5. The van der Waals surface area contributed by atoms with Gasteiger partial charge in [0.2, 0.25) is 5.91 Å². The summed E-state index contributed by atoms with van der Waals surface area (Å²) in [7, 11) is 2.05. The van der Waals surface area contributed by atoms with Gasteiger partial charge in [-0.3, -0.25) is 4.79 Å². The molecule has 1 aromatic carbocycles. The average molecular weight is 360 g/mol. The lowest BCUT2D eigenvalue weighted by Gasteiger charge is -2.34. The number of aromatic amines is 1. The minimum Gasteiger partial charge on any atom is -0.340 e. The molecule has 4 rings (SSSR count). The third-order valence-electron chi connectivity index (χ3n) is 5.30. The number of H-pyrrole nitrogens is 1. The highest BCUT2D eigenvalue weighted by atomic mass is 19.1. The zero-order valence-electron chi connectivity index (χ0n) is 14.8. The SMILES string of the molecule is CN1CCCC(C(=O)N2CCc3nc(-c4ccc(F)cc4F)[nH]c3C2)C1. The molecule has 2 aliphatic rings. The summed E-state index contributed by atoms with van der Waals surface area (Å²) in [5.74, 6) is -0.635. The summed E-state index contributed by atoms with van der Waals surface area (Å²) in [6, 6.07) is 3.46. The molecule has 1 amide bonds. The second-order valence-electron chi connectivity index (χ2n) is 7.25. The van der Waals surface area contributed by atoms with Crippen LogP contribution < -0.4 is 0 Å². The predicted octanol–water partition coefficient (Wildman–Crippen LogP) is 2.58. The van der Waals surface area contributed by atoms with Gasteiger partial charge in [-0.15, -0.1) is 0 Å². The van der Waals surface area contributed by atoms with Crippen molar-refractivity contribution in [2.75, 3.05) is 26.7 Å². The molecule has 0 saturated carbocycles. The van der Waals surface area contributed by atoms with Crippen molar-refractivity contribution in [2.24, 2.45) is 5.92 Å². The number of carbonyl (C=O) groups excluding carboxylic acids is 1. The molecule has 1 unspecified atom stereocenters. The number of nitrogens with zero attached hydrogens (tertiary/aromatic N) is 3. The van der Waals surface area contributed by atoms with Gasteiger partial charge in [0.05, 0.1) is 29.4 Å². The van der Waals surface area contributed by atoms with E-state index in [1.807, 2.05) is 11.9 Å². The van der Waals surface area contributed by atoms with E-state index in [1.54, 1.807) is 0 Å². The number of aromatic nitrogens is 2. The van der Waals surface area contributed by atoms with E-state index in [1.165, 1.54) is 12.1 Å². The summed E-state index contributed by atoms with van der Waals surface area (Å²) >= 11 is 0. The molecule has 2 aromatic rings. The second kappa shape index (κ2) is 6.79. The summed E-state index contributed by atoms with van der Waals surface area (Å²) < 4.78 is 27.1. The molecule has 7 heteroatoms. The van der Waals surface area contributed by atoms with Crippen LogP contribution >= 0.6 is 0 Å². The van der Waals surface area contributed by atoms with Gasteiger partial charge < -0.3 is 14.8 Å². The Hall–Kier alpha value is -2.28. The van der Waals surface area contributed by atoms with Crippen LogP contribution in [-0.2, 0) is 17.8 Å². The smallest absolute Gasteiger partial charge is 0.227 e. The Morgan fingerprint density at radius 2 is 2.15 bits per heavy atom. The highest BCUT2D eigenvalue weighted by Crippen LogP contribution is 2.27. The van der Waals surface area contributed by atoms with Crippen LogP contribution in [0.2, 0.25) is 0 Å². The summed E-state index contributed by atoms with van der Waals surface area (Å²) in [6.07, 6.45) is 2.62. The standard InChI is InChI=1S/C19H22F2N4O/c1-24-7-2-3-12(10-24)19(26)25-8-6-16-17(11-25)23-18(22-16)14-5-4-13(20)9-15(14)21/h4-5,9,12H,2-3,6-8,10-11H2,1H3,(H,22,23). The van der Waals surface area contributed by atoms with Gasteiger partial charge in [0.15, 0.2) is 0 Å². The molecule has 0 spiro atoms. The molecular weight excluding hydrogens is 338 g/mol. The largest absolute Gasteiger partial charge is 0.340 e. The molecule has 2 aliphatic heterocycles. The van der Waals surface area contributed by atoms with E-state index in [0.29, 0.717) is 25.3 Å². The minimum absolute atomic E-state index is 0.0484. The third-order valence-corrected chi connectivity index (χ3v) is 5.30. The predicted molar refractivity (Wildman–Crippen MR) is 93.3 cm³/mol. The number of halogens is 2. The first kappa shape index (κ1) is 17.1. The van der Waals surface area contributed by atoms with Crippen molar-refractivity contribution in [1.29, 1.82) is 0 Å². The quantitative estimate of drug-likeness (QED) is 0.896. The van der Waals surface area contributed by atoms with E-state index in [0.717, 1.165) is 43.4 Å². The van der Waals surface area contributed by atoms with E-state index in [9.17, 15) is 13.6 Å². The lowest BCUT2D eigenvalue weighted by atomic mass is 9.96. The average Bonchev–Trinajstić information content (AvgIpc) is 3.03. The van der Waals surface area contributed by atoms with E-state index in [-0.39, 0.29) is 17.4 Å². The molecule has 1 saturated heterocycles. The molecule has 1 N–H and O–H groups in total. The van der Waals surface area contributed by atoms with Crippen molar-refractivity contribution in [2.45, 2.75) is 25.8 Å². The van der Waals surface area contributed by atoms with Gasteiger partial charge in [-0.1, -0.05) is 0 Å². The normalized spacial score (nSPS) is 20.9. The van der Waals surface area contributed by atoms with Crippen LogP contribution in [0.15, 0.2) is 18.2 Å². The van der Waals surface area contributed by atoms with Gasteiger partial charge >= 0.3 is 0 Å². The Morgan fingerprint density at radius 1 is 1.31 bits per heavy atom. The van der Waals surface area contributed by atoms with Crippen LogP contribution in [-0.4, -0.2) is 52.4 Å². The zero-order valence-corrected chi connectivity index (χ0v) is 14.8. The van der Waals surface area contributed by atoms with Crippen LogP contribution in [0.4, 0.5) is 8.78 Å². The van der Waals surface area contributed by atoms with Gasteiger partial charge in [0.25, 0.3) is 0 Å². The number of imidazole rings is 1. The lowest BCUT2D eigenvalue weighted by molar-refractivity contribution is -0.138. The molecule has 1 fully saturated rings. The van der Waals surface area contributed by atoms with Crippen LogP contribution in [0.1, 0.15) is 24.2 Å². The van der Waals surface area contributed by atoms with Crippen LogP contribution in [0.5, 0.6) is 0 Å². The molecule has 26 heavy (non-hydrogen) atoms. The minimum atomic E-state index is -0.644. The zero-order chi connectivity index (χ0) is 18.3. The molecule has 5 nitrogen and oxygen atoms in total. The highest BCUT2D eigenvalue weighted by Gasteiger charge is 2.31. The van der Waals surface area contributed by atoms with Crippen molar-refractivity contribution in [3.63, 3.8) is 0 Å². The first-order valence-electron chi connectivity index (χ1n) is 9.02. The first-order chi connectivity index (χ1) is 12.5.